The van der Waals surface area contributed by atoms with Crippen LogP contribution in [-0.4, -0.2) is 15.7 Å². The SMILES string of the molecule is CCCCc1ccc(/C(C)=N/Nc2nc(-c3ccc(C)cc3)nc3ccccc23)cc1. The van der Waals surface area contributed by atoms with E-state index in [1.54, 1.807) is 0 Å². The van der Waals surface area contributed by atoms with Crippen LogP contribution in [0.1, 0.15) is 43.4 Å². The van der Waals surface area contributed by atoms with E-state index in [0.717, 1.165) is 34.2 Å². The summed E-state index contributed by atoms with van der Waals surface area (Å²) in [6, 6.07) is 24.9. The van der Waals surface area contributed by atoms with Gasteiger partial charge in [-0.2, -0.15) is 5.10 Å². The van der Waals surface area contributed by atoms with Crippen LogP contribution in [0.5, 0.6) is 0 Å². The van der Waals surface area contributed by atoms with Crippen molar-refractivity contribution in [3.63, 3.8) is 0 Å². The number of benzene rings is 3. The Morgan fingerprint density at radius 3 is 2.39 bits per heavy atom. The summed E-state index contributed by atoms with van der Waals surface area (Å²) in [6.45, 7) is 6.31. The van der Waals surface area contributed by atoms with Gasteiger partial charge in [0.2, 0.25) is 0 Å². The molecule has 156 valence electrons. The maximum Gasteiger partial charge on any atom is 0.162 e. The molecule has 0 bridgehead atoms. The summed E-state index contributed by atoms with van der Waals surface area (Å²) >= 11 is 0. The lowest BCUT2D eigenvalue weighted by Gasteiger charge is -2.10. The molecule has 31 heavy (non-hydrogen) atoms. The summed E-state index contributed by atoms with van der Waals surface area (Å²) < 4.78 is 0. The van der Waals surface area contributed by atoms with Crippen molar-refractivity contribution in [2.45, 2.75) is 40.0 Å². The van der Waals surface area contributed by atoms with Gasteiger partial charge in [0.15, 0.2) is 11.6 Å². The van der Waals surface area contributed by atoms with Gasteiger partial charge in [0.1, 0.15) is 0 Å². The molecule has 0 aliphatic heterocycles. The monoisotopic (exact) mass is 408 g/mol. The lowest BCUT2D eigenvalue weighted by molar-refractivity contribution is 0.795. The van der Waals surface area contributed by atoms with Gasteiger partial charge in [-0.15, -0.1) is 0 Å². The van der Waals surface area contributed by atoms with E-state index in [0.29, 0.717) is 11.6 Å². The minimum absolute atomic E-state index is 0.689. The average Bonchev–Trinajstić information content (AvgIpc) is 2.81. The second-order valence-electron chi connectivity index (χ2n) is 7.89. The lowest BCUT2D eigenvalue weighted by atomic mass is 10.0. The molecule has 0 amide bonds. The van der Waals surface area contributed by atoms with Crippen molar-refractivity contribution >= 4 is 22.4 Å². The van der Waals surface area contributed by atoms with Crippen molar-refractivity contribution in [3.8, 4) is 11.4 Å². The normalized spacial score (nSPS) is 11.6. The number of fused-ring (bicyclic) bond motifs is 1. The molecule has 4 rings (SSSR count). The Balaban J connectivity index is 1.63. The van der Waals surface area contributed by atoms with E-state index in [9.17, 15) is 0 Å². The molecule has 1 heterocycles. The standard InChI is InChI=1S/C27H28N4/c1-4-5-8-21-13-17-22(18-14-21)20(3)30-31-27-24-9-6-7-10-25(24)28-26(29-27)23-15-11-19(2)12-16-23/h6-7,9-18H,4-5,8H2,1-3H3,(H,28,29,31)/b30-20+. The summed E-state index contributed by atoms with van der Waals surface area (Å²) in [7, 11) is 0. The van der Waals surface area contributed by atoms with Crippen LogP contribution in [0.2, 0.25) is 0 Å². The number of rotatable bonds is 7. The van der Waals surface area contributed by atoms with Gasteiger partial charge in [-0.1, -0.05) is 79.6 Å². The summed E-state index contributed by atoms with van der Waals surface area (Å²) in [5, 5.41) is 5.58. The third-order valence-corrected chi connectivity index (χ3v) is 5.43. The van der Waals surface area contributed by atoms with Crippen molar-refractivity contribution in [3.05, 3.63) is 89.5 Å². The van der Waals surface area contributed by atoms with Crippen molar-refractivity contribution in [2.24, 2.45) is 5.10 Å². The molecule has 0 aliphatic rings. The van der Waals surface area contributed by atoms with Gasteiger partial charge in [-0.3, -0.25) is 5.43 Å². The van der Waals surface area contributed by atoms with E-state index >= 15 is 0 Å². The van der Waals surface area contributed by atoms with Crippen molar-refractivity contribution in [1.29, 1.82) is 0 Å². The number of hydrogen-bond donors (Lipinski definition) is 1. The van der Waals surface area contributed by atoms with Gasteiger partial charge in [-0.25, -0.2) is 9.97 Å². The first-order chi connectivity index (χ1) is 15.1. The summed E-state index contributed by atoms with van der Waals surface area (Å²) in [4.78, 5) is 9.54. The molecular formula is C27H28N4. The molecule has 0 aliphatic carbocycles. The summed E-state index contributed by atoms with van der Waals surface area (Å²) in [6.07, 6.45) is 3.56. The number of unbranched alkanes of at least 4 members (excludes halogenated alkanes) is 1. The number of hydrazone groups is 1. The maximum absolute atomic E-state index is 4.78. The molecular weight excluding hydrogens is 380 g/mol. The Hall–Kier alpha value is -3.53. The molecule has 0 saturated carbocycles. The molecule has 0 saturated heterocycles. The van der Waals surface area contributed by atoms with Crippen LogP contribution in [0.3, 0.4) is 0 Å². The Labute approximate surface area is 184 Å². The zero-order valence-electron chi connectivity index (χ0n) is 18.4. The Bertz CT molecular complexity index is 1190. The number of aryl methyl sites for hydroxylation is 2. The van der Waals surface area contributed by atoms with E-state index < -0.39 is 0 Å². The number of nitrogens with zero attached hydrogens (tertiary/aromatic N) is 3. The van der Waals surface area contributed by atoms with Crippen molar-refractivity contribution in [2.75, 3.05) is 5.43 Å². The molecule has 0 spiro atoms. The number of hydrogen-bond acceptors (Lipinski definition) is 4. The van der Waals surface area contributed by atoms with E-state index in [2.05, 4.69) is 72.9 Å². The van der Waals surface area contributed by atoms with E-state index in [1.165, 1.54) is 24.0 Å². The zero-order chi connectivity index (χ0) is 21.6. The Morgan fingerprint density at radius 2 is 1.65 bits per heavy atom. The third-order valence-electron chi connectivity index (χ3n) is 5.43. The minimum Gasteiger partial charge on any atom is -0.260 e. The first kappa shape index (κ1) is 20.7. The molecule has 4 nitrogen and oxygen atoms in total. The van der Waals surface area contributed by atoms with Crippen molar-refractivity contribution < 1.29 is 0 Å². The van der Waals surface area contributed by atoms with Gasteiger partial charge >= 0.3 is 0 Å². The molecule has 0 atom stereocenters. The second-order valence-corrected chi connectivity index (χ2v) is 7.89. The molecule has 1 N–H and O–H groups in total. The number of nitrogens with one attached hydrogen (secondary N) is 1. The van der Waals surface area contributed by atoms with Crippen molar-refractivity contribution in [1.82, 2.24) is 9.97 Å². The largest absolute Gasteiger partial charge is 0.260 e. The van der Waals surface area contributed by atoms with E-state index in [1.807, 2.05) is 31.2 Å². The van der Waals surface area contributed by atoms with Crippen LogP contribution in [0, 0.1) is 6.92 Å². The average molecular weight is 409 g/mol. The number of para-hydroxylation sites is 1. The fraction of sp³-hybridized carbons (Fsp3) is 0.222. The number of aromatic nitrogens is 2. The van der Waals surface area contributed by atoms with Gasteiger partial charge < -0.3 is 0 Å². The molecule has 3 aromatic carbocycles. The first-order valence-electron chi connectivity index (χ1n) is 10.9. The van der Waals surface area contributed by atoms with Crippen LogP contribution in [0.15, 0.2) is 77.9 Å². The van der Waals surface area contributed by atoms with E-state index in [4.69, 9.17) is 9.97 Å². The third kappa shape index (κ3) is 4.97. The quantitative estimate of drug-likeness (QED) is 0.271. The van der Waals surface area contributed by atoms with Gasteiger partial charge in [-0.05, 0) is 49.9 Å². The highest BCUT2D eigenvalue weighted by Gasteiger charge is 2.09. The predicted octanol–water partition coefficient (Wildman–Crippen LogP) is 6.78. The number of anilines is 1. The summed E-state index contributed by atoms with van der Waals surface area (Å²) in [5.74, 6) is 1.40. The lowest BCUT2D eigenvalue weighted by Crippen LogP contribution is -2.03. The van der Waals surface area contributed by atoms with Gasteiger partial charge in [0.25, 0.3) is 0 Å². The summed E-state index contributed by atoms with van der Waals surface area (Å²) in [5.41, 5.74) is 9.68. The maximum atomic E-state index is 4.78. The van der Waals surface area contributed by atoms with Gasteiger partial charge in [0.05, 0.1) is 11.2 Å². The van der Waals surface area contributed by atoms with E-state index in [-0.39, 0.29) is 0 Å². The Morgan fingerprint density at radius 1 is 0.903 bits per heavy atom. The van der Waals surface area contributed by atoms with Crippen LogP contribution in [-0.2, 0) is 6.42 Å². The highest BCUT2D eigenvalue weighted by Crippen LogP contribution is 2.25. The molecule has 0 fully saturated rings. The predicted molar refractivity (Wildman–Crippen MR) is 131 cm³/mol. The van der Waals surface area contributed by atoms with Crippen LogP contribution < -0.4 is 5.43 Å². The highest BCUT2D eigenvalue weighted by molar-refractivity contribution is 5.99. The fourth-order valence-corrected chi connectivity index (χ4v) is 3.49. The topological polar surface area (TPSA) is 50.2 Å². The molecule has 0 unspecified atom stereocenters. The zero-order valence-corrected chi connectivity index (χ0v) is 18.4. The van der Waals surface area contributed by atoms with Crippen LogP contribution in [0.4, 0.5) is 5.82 Å². The molecule has 4 aromatic rings. The van der Waals surface area contributed by atoms with Crippen LogP contribution >= 0.6 is 0 Å². The molecule has 4 heteroatoms. The minimum atomic E-state index is 0.689. The highest BCUT2D eigenvalue weighted by atomic mass is 15.3. The van der Waals surface area contributed by atoms with Crippen LogP contribution in [0.25, 0.3) is 22.3 Å². The molecule has 0 radical (unpaired) electrons. The fourth-order valence-electron chi connectivity index (χ4n) is 3.49. The molecule has 1 aromatic heterocycles. The van der Waals surface area contributed by atoms with Gasteiger partial charge in [0, 0.05) is 10.9 Å². The Kier molecular flexibility index (Phi) is 6.37. The smallest absolute Gasteiger partial charge is 0.162 e. The second kappa shape index (κ2) is 9.52. The first-order valence-corrected chi connectivity index (χ1v) is 10.9.